The van der Waals surface area contributed by atoms with Gasteiger partial charge in [-0.25, -0.2) is 0 Å². The summed E-state index contributed by atoms with van der Waals surface area (Å²) in [6, 6.07) is 1.55. The van der Waals surface area contributed by atoms with Crippen molar-refractivity contribution in [2.24, 2.45) is 5.92 Å². The van der Waals surface area contributed by atoms with Crippen molar-refractivity contribution in [1.29, 1.82) is 0 Å². The number of hydrogen-bond acceptors (Lipinski definition) is 2. The molecule has 0 aliphatic carbocycles. The first kappa shape index (κ1) is 4.77. The van der Waals surface area contributed by atoms with Crippen molar-refractivity contribution in [3.05, 3.63) is 6.04 Å². The van der Waals surface area contributed by atoms with Gasteiger partial charge in [0.2, 0.25) is 0 Å². The van der Waals surface area contributed by atoms with Gasteiger partial charge in [-0.1, -0.05) is 0 Å². The second-order valence-corrected chi connectivity index (χ2v) is 2.57. The van der Waals surface area contributed by atoms with Gasteiger partial charge in [-0.2, -0.15) is 0 Å². The van der Waals surface area contributed by atoms with Gasteiger partial charge >= 0.3 is 0 Å². The summed E-state index contributed by atoms with van der Waals surface area (Å²) >= 11 is 0. The van der Waals surface area contributed by atoms with E-state index in [1.165, 1.54) is 19.5 Å². The van der Waals surface area contributed by atoms with E-state index in [-0.39, 0.29) is 0 Å². The minimum atomic E-state index is 0.870. The summed E-state index contributed by atoms with van der Waals surface area (Å²) in [5.41, 5.74) is 0. The Morgan fingerprint density at radius 2 is 2.50 bits per heavy atom. The molecule has 2 rings (SSSR count). The molecular weight excluding hydrogens is 100 g/mol. The summed E-state index contributed by atoms with van der Waals surface area (Å²) in [5, 5.41) is 6.70. The molecule has 0 amide bonds. The molecule has 2 heterocycles. The standard InChI is InChI=1S/C6H11N2/c1-2-8-6-4-7-3-5(1)6/h5,7-8H,1-4H2. The van der Waals surface area contributed by atoms with Crippen LogP contribution < -0.4 is 10.6 Å². The van der Waals surface area contributed by atoms with Crippen molar-refractivity contribution in [2.75, 3.05) is 19.6 Å². The zero-order valence-corrected chi connectivity index (χ0v) is 4.91. The molecule has 2 N–H and O–H groups in total. The molecule has 0 aromatic rings. The van der Waals surface area contributed by atoms with Crippen LogP contribution in [0.15, 0.2) is 0 Å². The van der Waals surface area contributed by atoms with Gasteiger partial charge in [-0.05, 0) is 25.4 Å². The molecule has 8 heavy (non-hydrogen) atoms. The zero-order valence-electron chi connectivity index (χ0n) is 4.91. The molecular formula is C6H11N2. The Hall–Kier alpha value is -0.0800. The van der Waals surface area contributed by atoms with Gasteiger partial charge in [0.05, 0.1) is 6.04 Å². The fourth-order valence-corrected chi connectivity index (χ4v) is 1.54. The molecule has 2 saturated heterocycles. The first-order chi connectivity index (χ1) is 3.97. The summed E-state index contributed by atoms with van der Waals surface area (Å²) in [6.07, 6.45) is 1.35. The number of hydrogen-bond donors (Lipinski definition) is 2. The highest BCUT2D eigenvalue weighted by Crippen LogP contribution is 2.23. The predicted octanol–water partition coefficient (Wildman–Crippen LogP) is -0.269. The minimum absolute atomic E-state index is 0.870. The Morgan fingerprint density at radius 3 is 3.38 bits per heavy atom. The third kappa shape index (κ3) is 0.565. The van der Waals surface area contributed by atoms with Crippen molar-refractivity contribution in [2.45, 2.75) is 6.42 Å². The Morgan fingerprint density at radius 1 is 1.50 bits per heavy atom. The van der Waals surface area contributed by atoms with Gasteiger partial charge in [0, 0.05) is 6.54 Å². The molecule has 1 radical (unpaired) electrons. The lowest BCUT2D eigenvalue weighted by atomic mass is 10.1. The number of rotatable bonds is 0. The molecule has 0 saturated carbocycles. The van der Waals surface area contributed by atoms with E-state index in [0.29, 0.717) is 0 Å². The summed E-state index contributed by atoms with van der Waals surface area (Å²) in [5.74, 6) is 0.870. The van der Waals surface area contributed by atoms with Crippen LogP contribution in [-0.4, -0.2) is 19.6 Å². The van der Waals surface area contributed by atoms with Crippen molar-refractivity contribution < 1.29 is 0 Å². The van der Waals surface area contributed by atoms with Crippen LogP contribution in [0.25, 0.3) is 0 Å². The van der Waals surface area contributed by atoms with Crippen molar-refractivity contribution in [3.8, 4) is 0 Å². The summed E-state index contributed by atoms with van der Waals surface area (Å²) < 4.78 is 0. The quantitative estimate of drug-likeness (QED) is 0.449. The predicted molar refractivity (Wildman–Crippen MR) is 32.2 cm³/mol. The lowest BCUT2D eigenvalue weighted by molar-refractivity contribution is 0.641. The molecule has 2 nitrogen and oxygen atoms in total. The molecule has 2 aliphatic rings. The lowest BCUT2D eigenvalue weighted by Crippen LogP contribution is -2.19. The Kier molecular flexibility index (Phi) is 1.02. The van der Waals surface area contributed by atoms with Crippen LogP contribution in [0.1, 0.15) is 6.42 Å². The summed E-state index contributed by atoms with van der Waals surface area (Å²) in [7, 11) is 0. The largest absolute Gasteiger partial charge is 0.314 e. The van der Waals surface area contributed by atoms with Crippen LogP contribution in [0.4, 0.5) is 0 Å². The minimum Gasteiger partial charge on any atom is -0.314 e. The maximum absolute atomic E-state index is 3.37. The first-order valence-electron chi connectivity index (χ1n) is 3.27. The highest BCUT2D eigenvalue weighted by Gasteiger charge is 2.31. The summed E-state index contributed by atoms with van der Waals surface area (Å²) in [4.78, 5) is 0. The van der Waals surface area contributed by atoms with Crippen molar-refractivity contribution in [1.82, 2.24) is 10.6 Å². The van der Waals surface area contributed by atoms with E-state index in [1.54, 1.807) is 6.04 Å². The van der Waals surface area contributed by atoms with Crippen LogP contribution in [0.5, 0.6) is 0 Å². The van der Waals surface area contributed by atoms with Crippen LogP contribution in [0.3, 0.4) is 0 Å². The molecule has 2 aliphatic heterocycles. The molecule has 0 spiro atoms. The fourth-order valence-electron chi connectivity index (χ4n) is 1.54. The van der Waals surface area contributed by atoms with Gasteiger partial charge in [-0.15, -0.1) is 0 Å². The molecule has 0 aromatic carbocycles. The molecule has 0 bridgehead atoms. The van der Waals surface area contributed by atoms with E-state index in [2.05, 4.69) is 10.6 Å². The topological polar surface area (TPSA) is 24.1 Å². The van der Waals surface area contributed by atoms with E-state index in [1.807, 2.05) is 0 Å². The van der Waals surface area contributed by atoms with E-state index >= 15 is 0 Å². The maximum Gasteiger partial charge on any atom is 0.0547 e. The molecule has 2 heteroatoms. The van der Waals surface area contributed by atoms with Crippen molar-refractivity contribution in [3.63, 3.8) is 0 Å². The van der Waals surface area contributed by atoms with Gasteiger partial charge in [0.1, 0.15) is 0 Å². The Labute approximate surface area is 49.7 Å². The summed E-state index contributed by atoms with van der Waals surface area (Å²) in [6.45, 7) is 3.54. The third-order valence-electron chi connectivity index (χ3n) is 2.04. The van der Waals surface area contributed by atoms with E-state index in [4.69, 9.17) is 0 Å². The molecule has 2 fully saturated rings. The van der Waals surface area contributed by atoms with Crippen LogP contribution in [0, 0.1) is 12.0 Å². The van der Waals surface area contributed by atoms with Crippen LogP contribution in [0.2, 0.25) is 0 Å². The van der Waals surface area contributed by atoms with Crippen molar-refractivity contribution >= 4 is 0 Å². The second kappa shape index (κ2) is 1.71. The maximum atomic E-state index is 3.37. The van der Waals surface area contributed by atoms with Gasteiger partial charge in [0.25, 0.3) is 0 Å². The molecule has 1 unspecified atom stereocenters. The fraction of sp³-hybridized carbons (Fsp3) is 0.833. The molecule has 0 aromatic heterocycles. The second-order valence-electron chi connectivity index (χ2n) is 2.57. The highest BCUT2D eigenvalue weighted by molar-refractivity contribution is 5.06. The monoisotopic (exact) mass is 111 g/mol. The van der Waals surface area contributed by atoms with Crippen LogP contribution >= 0.6 is 0 Å². The highest BCUT2D eigenvalue weighted by atomic mass is 15.1. The SMILES string of the molecule is C1CC2CNC[C]2N1. The smallest absolute Gasteiger partial charge is 0.0547 e. The zero-order chi connectivity index (χ0) is 5.40. The Bertz CT molecular complexity index is 72.5. The van der Waals surface area contributed by atoms with E-state index in [9.17, 15) is 0 Å². The van der Waals surface area contributed by atoms with Gasteiger partial charge in [0.15, 0.2) is 0 Å². The third-order valence-corrected chi connectivity index (χ3v) is 2.04. The Balaban J connectivity index is 2.04. The van der Waals surface area contributed by atoms with E-state index < -0.39 is 0 Å². The normalized spacial score (nSPS) is 38.2. The van der Waals surface area contributed by atoms with E-state index in [0.717, 1.165) is 12.5 Å². The first-order valence-corrected chi connectivity index (χ1v) is 3.27. The lowest BCUT2D eigenvalue weighted by Gasteiger charge is -2.02. The van der Waals surface area contributed by atoms with Gasteiger partial charge in [-0.3, -0.25) is 0 Å². The average molecular weight is 111 g/mol. The van der Waals surface area contributed by atoms with Gasteiger partial charge < -0.3 is 10.6 Å². The molecule has 45 valence electrons. The number of nitrogens with one attached hydrogen (secondary N) is 2. The average Bonchev–Trinajstić information content (AvgIpc) is 2.15. The molecule has 1 atom stereocenters. The van der Waals surface area contributed by atoms with Crippen LogP contribution in [-0.2, 0) is 0 Å². The number of fused-ring (bicyclic) bond motifs is 1.